The third-order valence-electron chi connectivity index (χ3n) is 3.59. The minimum atomic E-state index is -3.73. The van der Waals surface area contributed by atoms with Crippen LogP contribution in [-0.2, 0) is 10.0 Å². The molecule has 0 amide bonds. The van der Waals surface area contributed by atoms with Crippen LogP contribution in [0.25, 0.3) is 0 Å². The van der Waals surface area contributed by atoms with Gasteiger partial charge in [0.1, 0.15) is 0 Å². The number of nitrogen functional groups attached to an aromatic ring is 1. The Kier molecular flexibility index (Phi) is 4.82. The van der Waals surface area contributed by atoms with Crippen molar-refractivity contribution in [1.82, 2.24) is 0 Å². The minimum absolute atomic E-state index is 0.0530. The molecule has 1 saturated carbocycles. The van der Waals surface area contributed by atoms with Crippen molar-refractivity contribution in [2.45, 2.75) is 41.9 Å². The number of nitrogens with one attached hydrogen (secondary N) is 1. The zero-order chi connectivity index (χ0) is 14.8. The van der Waals surface area contributed by atoms with Gasteiger partial charge in [0.05, 0.1) is 4.90 Å². The molecule has 20 heavy (non-hydrogen) atoms. The Bertz CT molecular complexity index is 575. The van der Waals surface area contributed by atoms with E-state index in [1.54, 1.807) is 12.1 Å². The lowest BCUT2D eigenvalue weighted by atomic mass is 9.95. The van der Waals surface area contributed by atoms with Crippen molar-refractivity contribution in [3.05, 3.63) is 18.2 Å². The van der Waals surface area contributed by atoms with Gasteiger partial charge in [-0.05, 0) is 43.7 Å². The van der Waals surface area contributed by atoms with Crippen LogP contribution < -0.4 is 16.2 Å². The van der Waals surface area contributed by atoms with Gasteiger partial charge in [0.2, 0.25) is 10.0 Å². The molecule has 0 aliphatic heterocycles. The predicted molar refractivity (Wildman–Crippen MR) is 85.4 cm³/mol. The minimum Gasteiger partial charge on any atom is -0.399 e. The molecule has 2 rings (SSSR count). The number of anilines is 2. The van der Waals surface area contributed by atoms with Crippen molar-refractivity contribution < 1.29 is 8.42 Å². The molecule has 0 bridgehead atoms. The summed E-state index contributed by atoms with van der Waals surface area (Å²) in [4.78, 5) is 0.0530. The maximum atomic E-state index is 11.4. The van der Waals surface area contributed by atoms with E-state index in [1.165, 1.54) is 18.9 Å². The molecule has 0 saturated heterocycles. The van der Waals surface area contributed by atoms with Gasteiger partial charge in [-0.25, -0.2) is 13.6 Å². The molecule has 1 aromatic rings. The molecule has 112 valence electrons. The highest BCUT2D eigenvalue weighted by Crippen LogP contribution is 2.29. The maximum Gasteiger partial charge on any atom is 0.238 e. The second-order valence-corrected chi connectivity index (χ2v) is 7.90. The monoisotopic (exact) mass is 315 g/mol. The lowest BCUT2D eigenvalue weighted by Gasteiger charge is -2.29. The van der Waals surface area contributed by atoms with Crippen LogP contribution in [0.5, 0.6) is 0 Å². The highest BCUT2D eigenvalue weighted by Gasteiger charge is 2.21. The molecule has 1 fully saturated rings. The van der Waals surface area contributed by atoms with E-state index < -0.39 is 10.0 Å². The van der Waals surface area contributed by atoms with E-state index in [0.717, 1.165) is 18.5 Å². The van der Waals surface area contributed by atoms with E-state index in [-0.39, 0.29) is 4.90 Å². The highest BCUT2D eigenvalue weighted by molar-refractivity contribution is 7.99. The zero-order valence-electron chi connectivity index (χ0n) is 11.5. The number of primary sulfonamides is 1. The number of hydrogen-bond acceptors (Lipinski definition) is 5. The van der Waals surface area contributed by atoms with Gasteiger partial charge in [0.15, 0.2) is 0 Å². The van der Waals surface area contributed by atoms with Gasteiger partial charge in [-0.3, -0.25) is 0 Å². The van der Waals surface area contributed by atoms with E-state index in [4.69, 9.17) is 10.9 Å². The molecule has 0 radical (unpaired) electrons. The van der Waals surface area contributed by atoms with Gasteiger partial charge >= 0.3 is 0 Å². The van der Waals surface area contributed by atoms with Crippen molar-refractivity contribution >= 4 is 33.2 Å². The summed E-state index contributed by atoms with van der Waals surface area (Å²) in [6, 6.07) is 5.04. The maximum absolute atomic E-state index is 11.4. The number of benzene rings is 1. The third-order valence-corrected chi connectivity index (χ3v) is 5.58. The normalized spacial score (nSPS) is 23.5. The smallest absolute Gasteiger partial charge is 0.238 e. The van der Waals surface area contributed by atoms with E-state index in [0.29, 0.717) is 17.0 Å². The second-order valence-electron chi connectivity index (χ2n) is 5.20. The lowest BCUT2D eigenvalue weighted by molar-refractivity contribution is 0.473. The first-order valence-corrected chi connectivity index (χ1v) is 9.44. The quantitative estimate of drug-likeness (QED) is 0.738. The Labute approximate surface area is 124 Å². The van der Waals surface area contributed by atoms with Crippen LogP contribution in [0, 0.1) is 0 Å². The van der Waals surface area contributed by atoms with Crippen LogP contribution in [0.2, 0.25) is 0 Å². The largest absolute Gasteiger partial charge is 0.399 e. The Balaban J connectivity index is 2.15. The Morgan fingerprint density at radius 3 is 2.70 bits per heavy atom. The van der Waals surface area contributed by atoms with Crippen LogP contribution in [0.15, 0.2) is 23.1 Å². The number of thioether (sulfide) groups is 1. The van der Waals surface area contributed by atoms with Crippen LogP contribution in [-0.4, -0.2) is 26.0 Å². The molecule has 2 atom stereocenters. The number of sulfonamides is 1. The summed E-state index contributed by atoms with van der Waals surface area (Å²) in [6.45, 7) is 0. The average molecular weight is 315 g/mol. The van der Waals surface area contributed by atoms with E-state index in [9.17, 15) is 8.42 Å². The van der Waals surface area contributed by atoms with Crippen LogP contribution >= 0.6 is 11.8 Å². The van der Waals surface area contributed by atoms with E-state index in [2.05, 4.69) is 11.6 Å². The van der Waals surface area contributed by atoms with Crippen molar-refractivity contribution in [2.75, 3.05) is 17.3 Å². The molecule has 1 aliphatic carbocycles. The second kappa shape index (κ2) is 6.24. The van der Waals surface area contributed by atoms with E-state index in [1.807, 2.05) is 11.8 Å². The van der Waals surface area contributed by atoms with Crippen molar-refractivity contribution in [1.29, 1.82) is 0 Å². The average Bonchev–Trinajstić information content (AvgIpc) is 2.37. The predicted octanol–water partition coefficient (Wildman–Crippen LogP) is 2.00. The first-order valence-electron chi connectivity index (χ1n) is 6.61. The molecule has 0 aromatic heterocycles. The summed E-state index contributed by atoms with van der Waals surface area (Å²) in [7, 11) is -3.73. The van der Waals surface area contributed by atoms with Gasteiger partial charge in [-0.15, -0.1) is 0 Å². The summed E-state index contributed by atoms with van der Waals surface area (Å²) >= 11 is 1.89. The van der Waals surface area contributed by atoms with E-state index >= 15 is 0 Å². The van der Waals surface area contributed by atoms with Crippen molar-refractivity contribution in [3.8, 4) is 0 Å². The molecular weight excluding hydrogens is 294 g/mol. The van der Waals surface area contributed by atoms with Crippen molar-refractivity contribution in [2.24, 2.45) is 5.14 Å². The van der Waals surface area contributed by atoms with Gasteiger partial charge in [0, 0.05) is 22.7 Å². The SMILES string of the molecule is CSC1CCCC(Nc2cc(N)cc(S(N)(=O)=O)c2)C1. The molecule has 2 unspecified atom stereocenters. The number of nitrogens with two attached hydrogens (primary N) is 2. The molecule has 0 heterocycles. The lowest BCUT2D eigenvalue weighted by Crippen LogP contribution is -2.28. The Morgan fingerprint density at radius 1 is 1.30 bits per heavy atom. The first-order chi connectivity index (χ1) is 9.38. The molecule has 0 spiro atoms. The van der Waals surface area contributed by atoms with Gasteiger partial charge in [0.25, 0.3) is 0 Å². The molecule has 5 N–H and O–H groups in total. The van der Waals surface area contributed by atoms with Crippen LogP contribution in [0.4, 0.5) is 11.4 Å². The van der Waals surface area contributed by atoms with Gasteiger partial charge < -0.3 is 11.1 Å². The fourth-order valence-electron chi connectivity index (χ4n) is 2.60. The van der Waals surface area contributed by atoms with Gasteiger partial charge in [-0.2, -0.15) is 11.8 Å². The fourth-order valence-corrected chi connectivity index (χ4v) is 4.01. The number of rotatable bonds is 4. The summed E-state index contributed by atoms with van der Waals surface area (Å²) in [6.07, 6.45) is 6.75. The Hall–Kier alpha value is -0.920. The summed E-state index contributed by atoms with van der Waals surface area (Å²) in [5.74, 6) is 0. The summed E-state index contributed by atoms with van der Waals surface area (Å²) in [5.41, 5.74) is 6.87. The first kappa shape index (κ1) is 15.5. The van der Waals surface area contributed by atoms with Crippen molar-refractivity contribution in [3.63, 3.8) is 0 Å². The van der Waals surface area contributed by atoms with Crippen LogP contribution in [0.1, 0.15) is 25.7 Å². The van der Waals surface area contributed by atoms with Crippen LogP contribution in [0.3, 0.4) is 0 Å². The highest BCUT2D eigenvalue weighted by atomic mass is 32.2. The molecule has 1 aromatic carbocycles. The molecule has 5 nitrogen and oxygen atoms in total. The summed E-state index contributed by atoms with van der Waals surface area (Å²) in [5, 5.41) is 9.21. The fraction of sp³-hybridized carbons (Fsp3) is 0.538. The molecule has 7 heteroatoms. The number of hydrogen-bond donors (Lipinski definition) is 3. The van der Waals surface area contributed by atoms with Gasteiger partial charge in [-0.1, -0.05) is 6.42 Å². The zero-order valence-corrected chi connectivity index (χ0v) is 13.1. The standard InChI is InChI=1S/C13H21N3O2S2/c1-19-12-4-2-3-10(7-12)16-11-5-9(14)6-13(8-11)20(15,17)18/h5-6,8,10,12,16H,2-4,7,14H2,1H3,(H2,15,17,18). The topological polar surface area (TPSA) is 98.2 Å². The Morgan fingerprint density at radius 2 is 2.05 bits per heavy atom. The third kappa shape index (κ3) is 4.04. The molecular formula is C13H21N3O2S2. The summed E-state index contributed by atoms with van der Waals surface area (Å²) < 4.78 is 22.8. The molecule has 1 aliphatic rings.